The highest BCUT2D eigenvalue weighted by Gasteiger charge is 2.38. The molecule has 0 fully saturated rings. The second kappa shape index (κ2) is 11.5. The van der Waals surface area contributed by atoms with E-state index in [1.54, 1.807) is 13.0 Å². The van der Waals surface area contributed by atoms with Gasteiger partial charge in [0.2, 0.25) is 0 Å². The summed E-state index contributed by atoms with van der Waals surface area (Å²) in [5, 5.41) is 0. The number of rotatable bonds is 3. The molecule has 0 aromatic heterocycles. The number of benzene rings is 2. The van der Waals surface area contributed by atoms with Crippen molar-refractivity contribution in [2.75, 3.05) is 18.5 Å². The molecule has 0 unspecified atom stereocenters. The van der Waals surface area contributed by atoms with Gasteiger partial charge in [0.05, 0.1) is 6.54 Å². The van der Waals surface area contributed by atoms with Crippen LogP contribution in [0.3, 0.4) is 0 Å². The normalized spacial score (nSPS) is 14.2. The van der Waals surface area contributed by atoms with E-state index in [9.17, 15) is 4.39 Å². The molecular weight excluding hydrogens is 415 g/mol. The Bertz CT molecular complexity index is 1020. The van der Waals surface area contributed by atoms with Crippen molar-refractivity contribution in [3.05, 3.63) is 77.3 Å². The van der Waals surface area contributed by atoms with Crippen LogP contribution >= 0.6 is 12.6 Å². The number of hydrogen-bond donors (Lipinski definition) is 1. The van der Waals surface area contributed by atoms with Gasteiger partial charge in [0.1, 0.15) is 5.82 Å². The Morgan fingerprint density at radius 2 is 1.72 bits per heavy atom. The highest BCUT2D eigenvalue weighted by Crippen LogP contribution is 2.47. The fourth-order valence-corrected chi connectivity index (χ4v) is 3.70. The molecule has 3 rings (SSSR count). The van der Waals surface area contributed by atoms with E-state index in [0.717, 1.165) is 29.1 Å². The molecule has 0 saturated carbocycles. The van der Waals surface area contributed by atoms with E-state index < -0.39 is 0 Å². The van der Waals surface area contributed by atoms with Crippen LogP contribution in [0.5, 0.6) is 0 Å². The largest absolute Gasteiger partial charge is 0.339 e. The summed E-state index contributed by atoms with van der Waals surface area (Å²) in [6.45, 7) is 25.1. The molecule has 1 heterocycles. The van der Waals surface area contributed by atoms with Crippen molar-refractivity contribution in [3.63, 3.8) is 0 Å². The Morgan fingerprint density at radius 1 is 1.12 bits per heavy atom. The van der Waals surface area contributed by atoms with Crippen molar-refractivity contribution in [2.45, 2.75) is 65.7 Å². The van der Waals surface area contributed by atoms with Crippen molar-refractivity contribution in [1.82, 2.24) is 0 Å². The Hall–Kier alpha value is -2.33. The molecule has 4 heteroatoms. The van der Waals surface area contributed by atoms with Gasteiger partial charge in [-0.2, -0.15) is 0 Å². The van der Waals surface area contributed by atoms with Gasteiger partial charge < -0.3 is 4.90 Å². The van der Waals surface area contributed by atoms with Crippen LogP contribution in [-0.2, 0) is 5.41 Å². The fourth-order valence-electron chi connectivity index (χ4n) is 3.50. The van der Waals surface area contributed by atoms with E-state index in [0.29, 0.717) is 10.5 Å². The monoisotopic (exact) mass is 454 g/mol. The van der Waals surface area contributed by atoms with Gasteiger partial charge in [-0.05, 0) is 56.0 Å². The predicted molar refractivity (Wildman–Crippen MR) is 144 cm³/mol. The summed E-state index contributed by atoms with van der Waals surface area (Å²) in [6, 6.07) is 10.2. The Labute approximate surface area is 200 Å². The van der Waals surface area contributed by atoms with Gasteiger partial charge in [-0.1, -0.05) is 65.1 Å². The lowest BCUT2D eigenvalue weighted by Gasteiger charge is -2.25. The highest BCUT2D eigenvalue weighted by atomic mass is 32.1. The standard InChI is InChI=1S/C16H22N2.C10H11FS.C2H6/c1-11-7-8-14-15(9-11)18(10-12(2)17-6)13(3)16(14,4)5;1-6(2)8-5-4-7(3)10(12)9(8)11;1-2/h7-9H,3,10H2,1-2,4-6H3;4-5,12H,1H2,2-3H3;1-2H3. The third-order valence-electron chi connectivity index (χ3n) is 5.71. The van der Waals surface area contributed by atoms with Crippen LogP contribution in [0.25, 0.3) is 5.57 Å². The molecule has 0 N–H and O–H groups in total. The maximum atomic E-state index is 13.4. The van der Waals surface area contributed by atoms with Gasteiger partial charge in [0, 0.05) is 40.0 Å². The molecule has 0 amide bonds. The molecule has 2 aromatic rings. The van der Waals surface area contributed by atoms with Crippen molar-refractivity contribution >= 4 is 29.6 Å². The van der Waals surface area contributed by atoms with Crippen molar-refractivity contribution in [3.8, 4) is 0 Å². The third kappa shape index (κ3) is 5.92. The molecule has 2 nitrogen and oxygen atoms in total. The molecule has 1 aliphatic heterocycles. The number of allylic oxidation sites excluding steroid dienone is 2. The smallest absolute Gasteiger partial charge is 0.144 e. The molecule has 0 radical (unpaired) electrons. The second-order valence-electron chi connectivity index (χ2n) is 8.51. The van der Waals surface area contributed by atoms with Crippen LogP contribution in [0.1, 0.15) is 63.8 Å². The number of nitrogens with zero attached hydrogens (tertiary/aromatic N) is 2. The minimum Gasteiger partial charge on any atom is -0.339 e. The van der Waals surface area contributed by atoms with Crippen LogP contribution < -0.4 is 4.90 Å². The van der Waals surface area contributed by atoms with Crippen LogP contribution in [-0.4, -0.2) is 19.3 Å². The predicted octanol–water partition coefficient (Wildman–Crippen LogP) is 8.18. The molecule has 0 bridgehead atoms. The van der Waals surface area contributed by atoms with E-state index in [1.807, 2.05) is 33.9 Å². The van der Waals surface area contributed by atoms with E-state index in [1.165, 1.54) is 16.8 Å². The summed E-state index contributed by atoms with van der Waals surface area (Å²) >= 11 is 4.06. The van der Waals surface area contributed by atoms with Gasteiger partial charge in [0.25, 0.3) is 0 Å². The number of aliphatic imine (C=N–C) groups is 1. The highest BCUT2D eigenvalue weighted by molar-refractivity contribution is 7.80. The summed E-state index contributed by atoms with van der Waals surface area (Å²) < 4.78 is 13.4. The topological polar surface area (TPSA) is 15.6 Å². The van der Waals surface area contributed by atoms with Crippen LogP contribution in [0.4, 0.5) is 10.1 Å². The first kappa shape index (κ1) is 27.7. The quantitative estimate of drug-likeness (QED) is 0.365. The number of anilines is 1. The molecule has 32 heavy (non-hydrogen) atoms. The van der Waals surface area contributed by atoms with Crippen LogP contribution in [0, 0.1) is 19.7 Å². The van der Waals surface area contributed by atoms with Gasteiger partial charge >= 0.3 is 0 Å². The molecule has 0 saturated heterocycles. The minimum atomic E-state index is -0.272. The number of hydrogen-bond acceptors (Lipinski definition) is 3. The molecule has 1 aliphatic rings. The number of halogens is 1. The van der Waals surface area contributed by atoms with E-state index in [4.69, 9.17) is 0 Å². The van der Waals surface area contributed by atoms with Gasteiger partial charge in [-0.15, -0.1) is 12.6 Å². The van der Waals surface area contributed by atoms with Gasteiger partial charge in [-0.3, -0.25) is 4.99 Å². The average Bonchev–Trinajstić information content (AvgIpc) is 2.93. The van der Waals surface area contributed by atoms with Crippen molar-refractivity contribution < 1.29 is 4.39 Å². The number of thiol groups is 1. The van der Waals surface area contributed by atoms with Crippen LogP contribution in [0.2, 0.25) is 0 Å². The third-order valence-corrected chi connectivity index (χ3v) is 6.26. The Morgan fingerprint density at radius 3 is 2.25 bits per heavy atom. The lowest BCUT2D eigenvalue weighted by atomic mass is 9.84. The first-order valence-electron chi connectivity index (χ1n) is 11.1. The minimum absolute atomic E-state index is 0.0110. The molecule has 0 atom stereocenters. The molecule has 0 spiro atoms. The summed E-state index contributed by atoms with van der Waals surface area (Å²) in [4.78, 5) is 6.97. The average molecular weight is 455 g/mol. The van der Waals surface area contributed by atoms with Gasteiger partial charge in [-0.25, -0.2) is 4.39 Å². The number of aryl methyl sites for hydroxylation is 2. The summed E-state index contributed by atoms with van der Waals surface area (Å²) in [5.41, 5.74) is 8.35. The zero-order valence-corrected chi connectivity index (χ0v) is 22.1. The second-order valence-corrected chi connectivity index (χ2v) is 8.96. The van der Waals surface area contributed by atoms with E-state index >= 15 is 0 Å². The molecular formula is C28H39FN2S. The summed E-state index contributed by atoms with van der Waals surface area (Å²) in [7, 11) is 1.84. The lowest BCUT2D eigenvalue weighted by molar-refractivity contribution is 0.596. The maximum Gasteiger partial charge on any atom is 0.144 e. The van der Waals surface area contributed by atoms with E-state index in [-0.39, 0.29) is 11.2 Å². The van der Waals surface area contributed by atoms with Crippen molar-refractivity contribution in [1.29, 1.82) is 0 Å². The maximum absolute atomic E-state index is 13.4. The summed E-state index contributed by atoms with van der Waals surface area (Å²) in [6.07, 6.45) is 0. The summed E-state index contributed by atoms with van der Waals surface area (Å²) in [5.74, 6) is -0.272. The zero-order valence-electron chi connectivity index (χ0n) is 21.2. The van der Waals surface area contributed by atoms with E-state index in [2.05, 4.69) is 81.6 Å². The SMILES string of the molecule is C=C(C)c1ccc(C)c(S)c1F.C=C1N(CC(C)=NC)c2cc(C)ccc2C1(C)C.CC. The Kier molecular flexibility index (Phi) is 9.96. The van der Waals surface area contributed by atoms with Crippen molar-refractivity contribution in [2.24, 2.45) is 4.99 Å². The zero-order chi connectivity index (χ0) is 24.8. The Balaban J connectivity index is 0.000000318. The first-order valence-corrected chi connectivity index (χ1v) is 11.5. The fraction of sp³-hybridized carbons (Fsp3) is 0.393. The molecule has 0 aliphatic carbocycles. The molecule has 174 valence electrons. The number of fused-ring (bicyclic) bond motifs is 1. The van der Waals surface area contributed by atoms with Crippen LogP contribution in [0.15, 0.2) is 59.1 Å². The van der Waals surface area contributed by atoms with Gasteiger partial charge in [0.15, 0.2) is 0 Å². The molecule has 2 aromatic carbocycles. The lowest BCUT2D eigenvalue weighted by Crippen LogP contribution is -2.29. The first-order chi connectivity index (χ1) is 14.9.